The Morgan fingerprint density at radius 1 is 1.26 bits per heavy atom. The second kappa shape index (κ2) is 6.26. The number of rotatable bonds is 5. The minimum atomic E-state index is -0.00739. The molecule has 0 unspecified atom stereocenters. The van der Waals surface area contributed by atoms with E-state index >= 15 is 0 Å². The molecule has 0 fully saturated rings. The molecule has 0 saturated heterocycles. The Morgan fingerprint density at radius 2 is 1.95 bits per heavy atom. The van der Waals surface area contributed by atoms with Gasteiger partial charge in [0.2, 0.25) is 0 Å². The molecular weight excluding hydrogens is 256 g/mol. The van der Waals surface area contributed by atoms with Gasteiger partial charge in [-0.2, -0.15) is 0 Å². The zero-order valence-electron chi connectivity index (χ0n) is 11.6. The van der Waals surface area contributed by atoms with Crippen LogP contribution in [0, 0.1) is 6.92 Å². The molecule has 2 rings (SSSR count). The summed E-state index contributed by atoms with van der Waals surface area (Å²) in [6, 6.07) is 8.51. The lowest BCUT2D eigenvalue weighted by Gasteiger charge is -2.09. The Kier molecular flexibility index (Phi) is 4.66. The van der Waals surface area contributed by atoms with Crippen molar-refractivity contribution in [2.75, 3.05) is 0 Å². The summed E-state index contributed by atoms with van der Waals surface area (Å²) in [6.45, 7) is 7.17. The SMILES string of the molecule is Cc1ccc(Cn2cc(CO)nc2SC(C)C)cc1. The van der Waals surface area contributed by atoms with Gasteiger partial charge in [-0.05, 0) is 12.5 Å². The van der Waals surface area contributed by atoms with Crippen LogP contribution in [0.3, 0.4) is 0 Å². The van der Waals surface area contributed by atoms with E-state index in [-0.39, 0.29) is 6.61 Å². The van der Waals surface area contributed by atoms with Gasteiger partial charge in [0.05, 0.1) is 12.3 Å². The molecule has 1 aromatic carbocycles. The third-order valence-electron chi connectivity index (χ3n) is 2.77. The highest BCUT2D eigenvalue weighted by molar-refractivity contribution is 7.99. The molecule has 3 nitrogen and oxygen atoms in total. The predicted molar refractivity (Wildman–Crippen MR) is 79.4 cm³/mol. The van der Waals surface area contributed by atoms with Gasteiger partial charge in [0.1, 0.15) is 0 Å². The summed E-state index contributed by atoms with van der Waals surface area (Å²) in [5.74, 6) is 0. The number of thioether (sulfide) groups is 1. The Morgan fingerprint density at radius 3 is 2.53 bits per heavy atom. The van der Waals surface area contributed by atoms with Crippen molar-refractivity contribution in [1.82, 2.24) is 9.55 Å². The first-order valence-electron chi connectivity index (χ1n) is 6.47. The van der Waals surface area contributed by atoms with Gasteiger partial charge < -0.3 is 9.67 Å². The maximum atomic E-state index is 9.23. The Balaban J connectivity index is 2.22. The molecule has 4 heteroatoms. The number of imidazole rings is 1. The number of hydrogen-bond donors (Lipinski definition) is 1. The number of aryl methyl sites for hydroxylation is 1. The van der Waals surface area contributed by atoms with E-state index < -0.39 is 0 Å². The first kappa shape index (κ1) is 14.2. The normalized spacial score (nSPS) is 11.2. The molecule has 0 aliphatic heterocycles. The summed E-state index contributed by atoms with van der Waals surface area (Å²) < 4.78 is 2.11. The molecular formula is C15H20N2OS. The van der Waals surface area contributed by atoms with Crippen molar-refractivity contribution >= 4 is 11.8 Å². The van der Waals surface area contributed by atoms with Crippen LogP contribution in [-0.4, -0.2) is 19.9 Å². The lowest BCUT2D eigenvalue weighted by Crippen LogP contribution is -2.02. The highest BCUT2D eigenvalue weighted by Crippen LogP contribution is 2.23. The second-order valence-electron chi connectivity index (χ2n) is 4.95. The van der Waals surface area contributed by atoms with E-state index in [0.29, 0.717) is 5.25 Å². The molecule has 2 aromatic rings. The highest BCUT2D eigenvalue weighted by Gasteiger charge is 2.10. The van der Waals surface area contributed by atoms with Crippen LogP contribution in [0.25, 0.3) is 0 Å². The summed E-state index contributed by atoms with van der Waals surface area (Å²) in [5.41, 5.74) is 3.25. The molecule has 0 bridgehead atoms. The van der Waals surface area contributed by atoms with E-state index in [1.165, 1.54) is 11.1 Å². The first-order valence-corrected chi connectivity index (χ1v) is 7.35. The fraction of sp³-hybridized carbons (Fsp3) is 0.400. The van der Waals surface area contributed by atoms with Crippen LogP contribution < -0.4 is 0 Å². The van der Waals surface area contributed by atoms with Crippen LogP contribution in [0.15, 0.2) is 35.6 Å². The van der Waals surface area contributed by atoms with Gasteiger partial charge in [-0.1, -0.05) is 55.4 Å². The third kappa shape index (κ3) is 3.85. The smallest absolute Gasteiger partial charge is 0.168 e. The van der Waals surface area contributed by atoms with Crippen LogP contribution in [0.1, 0.15) is 30.7 Å². The number of aliphatic hydroxyl groups excluding tert-OH is 1. The molecule has 1 aromatic heterocycles. The van der Waals surface area contributed by atoms with E-state index in [1.807, 2.05) is 6.20 Å². The molecule has 0 saturated carbocycles. The first-order chi connectivity index (χ1) is 9.08. The van der Waals surface area contributed by atoms with Crippen LogP contribution in [0.4, 0.5) is 0 Å². The van der Waals surface area contributed by atoms with Crippen molar-refractivity contribution in [1.29, 1.82) is 0 Å². The number of nitrogens with zero attached hydrogens (tertiary/aromatic N) is 2. The highest BCUT2D eigenvalue weighted by atomic mass is 32.2. The standard InChI is InChI=1S/C15H20N2OS/c1-11(2)19-15-16-14(10-18)9-17(15)8-13-6-4-12(3)5-7-13/h4-7,9,11,18H,8,10H2,1-3H3. The largest absolute Gasteiger partial charge is 0.390 e. The Labute approximate surface area is 118 Å². The van der Waals surface area contributed by atoms with Gasteiger partial charge in [-0.3, -0.25) is 0 Å². The van der Waals surface area contributed by atoms with Crippen LogP contribution >= 0.6 is 11.8 Å². The maximum Gasteiger partial charge on any atom is 0.168 e. The van der Waals surface area contributed by atoms with Crippen LogP contribution in [0.2, 0.25) is 0 Å². The number of hydrogen-bond acceptors (Lipinski definition) is 3. The molecule has 0 atom stereocenters. The summed E-state index contributed by atoms with van der Waals surface area (Å²) in [7, 11) is 0. The predicted octanol–water partition coefficient (Wildman–Crippen LogP) is 3.23. The van der Waals surface area contributed by atoms with Crippen LogP contribution in [0.5, 0.6) is 0 Å². The van der Waals surface area contributed by atoms with Crippen LogP contribution in [-0.2, 0) is 13.2 Å². The molecule has 0 radical (unpaired) electrons. The zero-order chi connectivity index (χ0) is 13.8. The van der Waals surface area contributed by atoms with Crippen molar-refractivity contribution in [3.8, 4) is 0 Å². The maximum absolute atomic E-state index is 9.23. The Bertz CT molecular complexity index is 532. The van der Waals surface area contributed by atoms with E-state index in [2.05, 4.69) is 54.6 Å². The average molecular weight is 276 g/mol. The van der Waals surface area contributed by atoms with E-state index in [0.717, 1.165) is 17.4 Å². The summed E-state index contributed by atoms with van der Waals surface area (Å²) in [5, 5.41) is 10.7. The minimum Gasteiger partial charge on any atom is -0.390 e. The minimum absolute atomic E-state index is 0.00739. The molecule has 102 valence electrons. The fourth-order valence-electron chi connectivity index (χ4n) is 1.84. The topological polar surface area (TPSA) is 38.0 Å². The monoisotopic (exact) mass is 276 g/mol. The number of aliphatic hydroxyl groups is 1. The van der Waals surface area contributed by atoms with Gasteiger partial charge in [0.25, 0.3) is 0 Å². The lowest BCUT2D eigenvalue weighted by atomic mass is 10.1. The molecule has 1 heterocycles. The molecule has 1 N–H and O–H groups in total. The number of benzene rings is 1. The van der Waals surface area contributed by atoms with Crippen molar-refractivity contribution in [2.24, 2.45) is 0 Å². The summed E-state index contributed by atoms with van der Waals surface area (Å²) in [6.07, 6.45) is 1.94. The van der Waals surface area contributed by atoms with Gasteiger partial charge in [-0.15, -0.1) is 0 Å². The number of aromatic nitrogens is 2. The van der Waals surface area contributed by atoms with Gasteiger partial charge in [0.15, 0.2) is 5.16 Å². The van der Waals surface area contributed by atoms with Crippen molar-refractivity contribution in [3.63, 3.8) is 0 Å². The summed E-state index contributed by atoms with van der Waals surface area (Å²) >= 11 is 1.72. The van der Waals surface area contributed by atoms with E-state index in [4.69, 9.17) is 0 Å². The molecule has 0 spiro atoms. The molecule has 0 aliphatic rings. The zero-order valence-corrected chi connectivity index (χ0v) is 12.4. The summed E-state index contributed by atoms with van der Waals surface area (Å²) in [4.78, 5) is 4.46. The van der Waals surface area contributed by atoms with Crippen molar-refractivity contribution < 1.29 is 5.11 Å². The van der Waals surface area contributed by atoms with Gasteiger partial charge in [-0.25, -0.2) is 4.98 Å². The quantitative estimate of drug-likeness (QED) is 0.852. The average Bonchev–Trinajstić information content (AvgIpc) is 2.74. The molecule has 0 amide bonds. The molecule has 19 heavy (non-hydrogen) atoms. The van der Waals surface area contributed by atoms with E-state index in [9.17, 15) is 5.11 Å². The second-order valence-corrected chi connectivity index (χ2v) is 6.50. The lowest BCUT2D eigenvalue weighted by molar-refractivity contribution is 0.277. The van der Waals surface area contributed by atoms with Gasteiger partial charge in [0, 0.05) is 18.0 Å². The van der Waals surface area contributed by atoms with Crippen molar-refractivity contribution in [2.45, 2.75) is 44.3 Å². The molecule has 0 aliphatic carbocycles. The van der Waals surface area contributed by atoms with E-state index in [1.54, 1.807) is 11.8 Å². The third-order valence-corrected chi connectivity index (χ3v) is 3.77. The fourth-order valence-corrected chi connectivity index (χ4v) is 2.68. The Hall–Kier alpha value is -1.26. The van der Waals surface area contributed by atoms with Gasteiger partial charge >= 0.3 is 0 Å². The van der Waals surface area contributed by atoms with Crippen molar-refractivity contribution in [3.05, 3.63) is 47.3 Å².